The third-order valence-corrected chi connectivity index (χ3v) is 2.83. The highest BCUT2D eigenvalue weighted by Gasteiger charge is 2.12. The van der Waals surface area contributed by atoms with Gasteiger partial charge in [0.05, 0.1) is 0 Å². The Kier molecular flexibility index (Phi) is 2.66. The van der Waals surface area contributed by atoms with Crippen LogP contribution < -0.4 is 9.47 Å². The Morgan fingerprint density at radius 1 is 1.00 bits per heavy atom. The number of aryl methyl sites for hydroxylation is 2. The summed E-state index contributed by atoms with van der Waals surface area (Å²) in [5, 5.41) is 0. The van der Waals surface area contributed by atoms with Gasteiger partial charge < -0.3 is 9.47 Å². The molecule has 0 radical (unpaired) electrons. The molecule has 3 heteroatoms. The minimum absolute atomic E-state index is 0.332. The van der Waals surface area contributed by atoms with Crippen molar-refractivity contribution in [3.05, 3.63) is 53.9 Å². The SMILES string of the molecule is c1ccc(CCc2ccc3c(c2)OCO3)nc1. The average Bonchev–Trinajstić information content (AvgIpc) is 2.85. The molecule has 1 aliphatic heterocycles. The van der Waals surface area contributed by atoms with Crippen LogP contribution in [-0.2, 0) is 12.8 Å². The van der Waals surface area contributed by atoms with Crippen molar-refractivity contribution in [3.63, 3.8) is 0 Å². The minimum atomic E-state index is 0.332. The van der Waals surface area contributed by atoms with Crippen LogP contribution >= 0.6 is 0 Å². The first-order chi connectivity index (χ1) is 8.42. The fourth-order valence-electron chi connectivity index (χ4n) is 1.91. The first kappa shape index (κ1) is 10.1. The van der Waals surface area contributed by atoms with E-state index in [1.54, 1.807) is 0 Å². The third-order valence-electron chi connectivity index (χ3n) is 2.83. The zero-order valence-corrected chi connectivity index (χ0v) is 9.43. The summed E-state index contributed by atoms with van der Waals surface area (Å²) in [5.41, 5.74) is 2.37. The first-order valence-electron chi connectivity index (χ1n) is 5.70. The number of hydrogen-bond acceptors (Lipinski definition) is 3. The largest absolute Gasteiger partial charge is 0.454 e. The molecule has 2 aromatic rings. The topological polar surface area (TPSA) is 31.4 Å². The predicted octanol–water partition coefficient (Wildman–Crippen LogP) is 2.60. The Balaban J connectivity index is 1.70. The monoisotopic (exact) mass is 227 g/mol. The lowest BCUT2D eigenvalue weighted by Crippen LogP contribution is -1.94. The van der Waals surface area contributed by atoms with E-state index < -0.39 is 0 Å². The molecule has 0 atom stereocenters. The number of ether oxygens (including phenoxy) is 2. The quantitative estimate of drug-likeness (QED) is 0.807. The van der Waals surface area contributed by atoms with Gasteiger partial charge in [-0.3, -0.25) is 4.98 Å². The molecule has 0 N–H and O–H groups in total. The van der Waals surface area contributed by atoms with E-state index in [1.807, 2.05) is 36.5 Å². The van der Waals surface area contributed by atoms with Crippen molar-refractivity contribution >= 4 is 0 Å². The van der Waals surface area contributed by atoms with Gasteiger partial charge in [0, 0.05) is 11.9 Å². The lowest BCUT2D eigenvalue weighted by molar-refractivity contribution is 0.174. The molecule has 1 aromatic carbocycles. The van der Waals surface area contributed by atoms with Crippen LogP contribution in [0.25, 0.3) is 0 Å². The van der Waals surface area contributed by atoms with Gasteiger partial charge in [-0.1, -0.05) is 12.1 Å². The van der Waals surface area contributed by atoms with E-state index in [1.165, 1.54) is 5.56 Å². The van der Waals surface area contributed by atoms with Gasteiger partial charge >= 0.3 is 0 Å². The number of nitrogens with zero attached hydrogens (tertiary/aromatic N) is 1. The fourth-order valence-corrected chi connectivity index (χ4v) is 1.91. The molecule has 1 aliphatic rings. The molecule has 0 amide bonds. The Labute approximate surface area is 100 Å². The van der Waals surface area contributed by atoms with Crippen molar-refractivity contribution in [1.82, 2.24) is 4.98 Å². The molecule has 0 saturated heterocycles. The van der Waals surface area contributed by atoms with E-state index in [4.69, 9.17) is 9.47 Å². The second-order valence-electron chi connectivity index (χ2n) is 4.01. The zero-order chi connectivity index (χ0) is 11.5. The van der Waals surface area contributed by atoms with Crippen LogP contribution in [0.15, 0.2) is 42.6 Å². The molecule has 1 aromatic heterocycles. The van der Waals surface area contributed by atoms with Gasteiger partial charge in [-0.05, 0) is 42.7 Å². The fraction of sp³-hybridized carbons (Fsp3) is 0.214. The van der Waals surface area contributed by atoms with Crippen molar-refractivity contribution in [3.8, 4) is 11.5 Å². The number of benzene rings is 1. The Morgan fingerprint density at radius 2 is 1.94 bits per heavy atom. The second kappa shape index (κ2) is 4.45. The highest BCUT2D eigenvalue weighted by atomic mass is 16.7. The van der Waals surface area contributed by atoms with E-state index in [-0.39, 0.29) is 0 Å². The number of hydrogen-bond donors (Lipinski definition) is 0. The average molecular weight is 227 g/mol. The number of aromatic nitrogens is 1. The minimum Gasteiger partial charge on any atom is -0.454 e. The maximum absolute atomic E-state index is 5.35. The normalized spacial score (nSPS) is 12.7. The summed E-state index contributed by atoms with van der Waals surface area (Å²) < 4.78 is 10.6. The Morgan fingerprint density at radius 3 is 2.82 bits per heavy atom. The van der Waals surface area contributed by atoms with Gasteiger partial charge in [0.1, 0.15) is 0 Å². The standard InChI is InChI=1S/C14H13NO2/c1-2-8-15-12(3-1)6-4-11-5-7-13-14(9-11)17-10-16-13/h1-3,5,7-9H,4,6,10H2. The van der Waals surface area contributed by atoms with Crippen molar-refractivity contribution in [2.24, 2.45) is 0 Å². The lowest BCUT2D eigenvalue weighted by Gasteiger charge is -2.02. The molecule has 86 valence electrons. The first-order valence-corrected chi connectivity index (χ1v) is 5.70. The van der Waals surface area contributed by atoms with Crippen LogP contribution in [0.5, 0.6) is 11.5 Å². The number of pyridine rings is 1. The molecular formula is C14H13NO2. The van der Waals surface area contributed by atoms with Gasteiger partial charge in [-0.2, -0.15) is 0 Å². The van der Waals surface area contributed by atoms with E-state index in [9.17, 15) is 0 Å². The summed E-state index contributed by atoms with van der Waals surface area (Å²) in [6.07, 6.45) is 3.74. The summed E-state index contributed by atoms with van der Waals surface area (Å²) in [5.74, 6) is 1.69. The molecule has 0 spiro atoms. The summed E-state index contributed by atoms with van der Waals surface area (Å²) >= 11 is 0. The lowest BCUT2D eigenvalue weighted by atomic mass is 10.1. The van der Waals surface area contributed by atoms with Crippen LogP contribution in [0.1, 0.15) is 11.3 Å². The van der Waals surface area contributed by atoms with Gasteiger partial charge in [0.25, 0.3) is 0 Å². The second-order valence-corrected chi connectivity index (χ2v) is 4.01. The van der Waals surface area contributed by atoms with Crippen molar-refractivity contribution in [1.29, 1.82) is 0 Å². The molecule has 2 heterocycles. The maximum Gasteiger partial charge on any atom is 0.231 e. The molecule has 0 saturated carbocycles. The highest BCUT2D eigenvalue weighted by molar-refractivity contribution is 5.44. The number of fused-ring (bicyclic) bond motifs is 1. The third kappa shape index (κ3) is 2.23. The van der Waals surface area contributed by atoms with Crippen LogP contribution in [0.4, 0.5) is 0 Å². The smallest absolute Gasteiger partial charge is 0.231 e. The molecular weight excluding hydrogens is 214 g/mol. The summed E-state index contributed by atoms with van der Waals surface area (Å²) in [6, 6.07) is 12.1. The molecule has 3 rings (SSSR count). The van der Waals surface area contributed by atoms with E-state index in [0.29, 0.717) is 6.79 Å². The van der Waals surface area contributed by atoms with E-state index in [2.05, 4.69) is 11.1 Å². The predicted molar refractivity (Wildman–Crippen MR) is 64.2 cm³/mol. The molecule has 0 bridgehead atoms. The van der Waals surface area contributed by atoms with Gasteiger partial charge in [0.15, 0.2) is 11.5 Å². The van der Waals surface area contributed by atoms with Crippen LogP contribution in [0.3, 0.4) is 0 Å². The molecule has 0 unspecified atom stereocenters. The van der Waals surface area contributed by atoms with Gasteiger partial charge in [-0.25, -0.2) is 0 Å². The van der Waals surface area contributed by atoms with Crippen LogP contribution in [-0.4, -0.2) is 11.8 Å². The van der Waals surface area contributed by atoms with Crippen molar-refractivity contribution in [2.75, 3.05) is 6.79 Å². The van der Waals surface area contributed by atoms with Crippen molar-refractivity contribution in [2.45, 2.75) is 12.8 Å². The Hall–Kier alpha value is -2.03. The van der Waals surface area contributed by atoms with Crippen LogP contribution in [0.2, 0.25) is 0 Å². The highest BCUT2D eigenvalue weighted by Crippen LogP contribution is 2.32. The van der Waals surface area contributed by atoms with E-state index >= 15 is 0 Å². The molecule has 0 fully saturated rings. The Bertz CT molecular complexity index is 511. The molecule has 17 heavy (non-hydrogen) atoms. The van der Waals surface area contributed by atoms with E-state index in [0.717, 1.165) is 30.0 Å². The summed E-state index contributed by atoms with van der Waals surface area (Å²) in [4.78, 5) is 4.31. The van der Waals surface area contributed by atoms with Crippen molar-refractivity contribution < 1.29 is 9.47 Å². The zero-order valence-electron chi connectivity index (χ0n) is 9.43. The maximum atomic E-state index is 5.35. The van der Waals surface area contributed by atoms with Gasteiger partial charge in [0.2, 0.25) is 6.79 Å². The number of rotatable bonds is 3. The molecule has 0 aliphatic carbocycles. The molecule has 3 nitrogen and oxygen atoms in total. The van der Waals surface area contributed by atoms with Crippen LogP contribution in [0, 0.1) is 0 Å². The summed E-state index contributed by atoms with van der Waals surface area (Å²) in [7, 11) is 0. The summed E-state index contributed by atoms with van der Waals surface area (Å²) in [6.45, 7) is 0.332. The van der Waals surface area contributed by atoms with Gasteiger partial charge in [-0.15, -0.1) is 0 Å².